The lowest BCUT2D eigenvalue weighted by molar-refractivity contribution is -0.116. The van der Waals surface area contributed by atoms with Gasteiger partial charge in [0.15, 0.2) is 0 Å². The van der Waals surface area contributed by atoms with Gasteiger partial charge < -0.3 is 14.1 Å². The largest absolute Gasteiger partial charge is 0.497 e. The number of hydrogen-bond acceptors (Lipinski definition) is 6. The summed E-state index contributed by atoms with van der Waals surface area (Å²) in [4.78, 5) is 14.7. The van der Waals surface area contributed by atoms with Gasteiger partial charge >= 0.3 is 0 Å². The number of carbonyl (C=O) groups is 1. The molecule has 4 aromatic rings. The molecular formula is C24H23N3O3S. The van der Waals surface area contributed by atoms with Gasteiger partial charge in [0.25, 0.3) is 5.22 Å². The molecule has 158 valence electrons. The van der Waals surface area contributed by atoms with E-state index in [0.29, 0.717) is 24.1 Å². The van der Waals surface area contributed by atoms with Crippen LogP contribution in [0.2, 0.25) is 0 Å². The van der Waals surface area contributed by atoms with Gasteiger partial charge in [0.1, 0.15) is 5.75 Å². The third kappa shape index (κ3) is 4.88. The fourth-order valence-corrected chi connectivity index (χ4v) is 4.07. The molecule has 0 N–H and O–H groups in total. The summed E-state index contributed by atoms with van der Waals surface area (Å²) in [6, 6.07) is 21.8. The van der Waals surface area contributed by atoms with E-state index in [2.05, 4.69) is 22.3 Å². The average Bonchev–Trinajstić information content (AvgIpc) is 3.26. The van der Waals surface area contributed by atoms with Gasteiger partial charge in [0.2, 0.25) is 11.8 Å². The van der Waals surface area contributed by atoms with Crippen molar-refractivity contribution in [3.63, 3.8) is 0 Å². The Hall–Kier alpha value is -3.32. The van der Waals surface area contributed by atoms with Crippen LogP contribution in [0.25, 0.3) is 10.8 Å². The van der Waals surface area contributed by atoms with Crippen LogP contribution in [0.3, 0.4) is 0 Å². The minimum absolute atomic E-state index is 0.00115. The zero-order chi connectivity index (χ0) is 21.6. The molecule has 0 saturated heterocycles. The van der Waals surface area contributed by atoms with Crippen molar-refractivity contribution in [1.82, 2.24) is 10.2 Å². The van der Waals surface area contributed by atoms with E-state index in [1.807, 2.05) is 61.5 Å². The van der Waals surface area contributed by atoms with Gasteiger partial charge in [0.05, 0.1) is 25.0 Å². The van der Waals surface area contributed by atoms with Crippen LogP contribution in [0.1, 0.15) is 18.4 Å². The monoisotopic (exact) mass is 433 g/mol. The Morgan fingerprint density at radius 3 is 2.58 bits per heavy atom. The molecule has 0 aliphatic rings. The normalized spacial score (nSPS) is 10.9. The zero-order valence-corrected chi connectivity index (χ0v) is 18.3. The van der Waals surface area contributed by atoms with Gasteiger partial charge in [-0.1, -0.05) is 60.3 Å². The molecule has 0 aliphatic heterocycles. The van der Waals surface area contributed by atoms with E-state index >= 15 is 0 Å². The fourth-order valence-electron chi connectivity index (χ4n) is 3.41. The van der Waals surface area contributed by atoms with E-state index in [1.165, 1.54) is 11.8 Å². The summed E-state index contributed by atoms with van der Waals surface area (Å²) < 4.78 is 10.9. The Kier molecular flexibility index (Phi) is 6.52. The lowest BCUT2D eigenvalue weighted by Gasteiger charge is -2.22. The molecule has 3 aromatic carbocycles. The van der Waals surface area contributed by atoms with Crippen molar-refractivity contribution in [2.45, 2.75) is 18.6 Å². The number of benzene rings is 3. The molecule has 0 saturated carbocycles. The number of ether oxygens (including phenoxy) is 1. The molecule has 0 fully saturated rings. The maximum atomic E-state index is 13.0. The molecule has 4 rings (SSSR count). The first-order valence-corrected chi connectivity index (χ1v) is 11.0. The molecule has 0 bridgehead atoms. The molecule has 6 nitrogen and oxygen atoms in total. The lowest BCUT2D eigenvalue weighted by Crippen LogP contribution is -2.32. The molecule has 1 amide bonds. The number of hydrogen-bond donors (Lipinski definition) is 0. The highest BCUT2D eigenvalue weighted by Crippen LogP contribution is 2.28. The average molecular weight is 434 g/mol. The maximum Gasteiger partial charge on any atom is 0.277 e. The topological polar surface area (TPSA) is 68.5 Å². The Balaban J connectivity index is 1.40. The smallest absolute Gasteiger partial charge is 0.277 e. The second-order valence-corrected chi connectivity index (χ2v) is 7.84. The van der Waals surface area contributed by atoms with Gasteiger partial charge in [-0.15, -0.1) is 10.2 Å². The lowest BCUT2D eigenvalue weighted by atomic mass is 10.1. The second kappa shape index (κ2) is 9.66. The summed E-state index contributed by atoms with van der Waals surface area (Å²) in [5.41, 5.74) is 1.96. The number of anilines is 1. The van der Waals surface area contributed by atoms with Crippen LogP contribution in [0.15, 0.2) is 76.4 Å². The van der Waals surface area contributed by atoms with E-state index in [1.54, 1.807) is 12.0 Å². The number of aromatic nitrogens is 2. The molecule has 0 radical (unpaired) electrons. The number of carbonyl (C=O) groups excluding carboxylic acids is 1. The first-order valence-electron chi connectivity index (χ1n) is 10.0. The predicted molar refractivity (Wildman–Crippen MR) is 123 cm³/mol. The molecule has 0 unspecified atom stereocenters. The SMILES string of the molecule is CCN(C(=O)CSc1nnc(Cc2ccc(OC)cc2)o1)c1cccc2ccccc12. The quantitative estimate of drug-likeness (QED) is 0.366. The van der Waals surface area contributed by atoms with Crippen molar-refractivity contribution >= 4 is 34.1 Å². The highest BCUT2D eigenvalue weighted by atomic mass is 32.2. The molecule has 1 aromatic heterocycles. The molecule has 7 heteroatoms. The van der Waals surface area contributed by atoms with Crippen LogP contribution in [-0.2, 0) is 11.2 Å². The van der Waals surface area contributed by atoms with Crippen LogP contribution >= 0.6 is 11.8 Å². The molecular weight excluding hydrogens is 410 g/mol. The van der Waals surface area contributed by atoms with Crippen molar-refractivity contribution in [2.24, 2.45) is 0 Å². The molecule has 0 spiro atoms. The second-order valence-electron chi connectivity index (χ2n) is 6.91. The highest BCUT2D eigenvalue weighted by Gasteiger charge is 2.18. The summed E-state index contributed by atoms with van der Waals surface area (Å²) in [5.74, 6) is 1.54. The van der Waals surface area contributed by atoms with Crippen LogP contribution in [-0.4, -0.2) is 35.5 Å². The number of rotatable bonds is 8. The van der Waals surface area contributed by atoms with Crippen LogP contribution < -0.4 is 9.64 Å². The van der Waals surface area contributed by atoms with Gasteiger partial charge in [-0.2, -0.15) is 0 Å². The summed E-state index contributed by atoms with van der Waals surface area (Å²) >= 11 is 1.26. The summed E-state index contributed by atoms with van der Waals surface area (Å²) in [6.45, 7) is 2.56. The van der Waals surface area contributed by atoms with Gasteiger partial charge in [-0.05, 0) is 36.1 Å². The molecule has 31 heavy (non-hydrogen) atoms. The number of amides is 1. The van der Waals surface area contributed by atoms with Gasteiger partial charge in [0, 0.05) is 11.9 Å². The van der Waals surface area contributed by atoms with Crippen LogP contribution in [0.5, 0.6) is 5.75 Å². The van der Waals surface area contributed by atoms with Gasteiger partial charge in [-0.25, -0.2) is 0 Å². The molecule has 0 aliphatic carbocycles. The van der Waals surface area contributed by atoms with Crippen LogP contribution in [0, 0.1) is 0 Å². The first-order chi connectivity index (χ1) is 15.2. The van der Waals surface area contributed by atoms with E-state index in [-0.39, 0.29) is 11.7 Å². The van der Waals surface area contributed by atoms with Gasteiger partial charge in [-0.3, -0.25) is 4.79 Å². The van der Waals surface area contributed by atoms with E-state index in [4.69, 9.17) is 9.15 Å². The summed E-state index contributed by atoms with van der Waals surface area (Å²) in [7, 11) is 1.64. The summed E-state index contributed by atoms with van der Waals surface area (Å²) in [5, 5.41) is 10.7. The van der Waals surface area contributed by atoms with Crippen molar-refractivity contribution < 1.29 is 13.9 Å². The molecule has 1 heterocycles. The third-order valence-corrected chi connectivity index (χ3v) is 5.76. The van der Waals surface area contributed by atoms with Crippen LogP contribution in [0.4, 0.5) is 5.69 Å². The minimum Gasteiger partial charge on any atom is -0.497 e. The van der Waals surface area contributed by atoms with E-state index in [0.717, 1.165) is 27.8 Å². The minimum atomic E-state index is -0.00115. The summed E-state index contributed by atoms with van der Waals surface area (Å²) in [6.07, 6.45) is 0.530. The predicted octanol–water partition coefficient (Wildman–Crippen LogP) is 4.97. The Labute approximate surface area is 185 Å². The third-order valence-electron chi connectivity index (χ3n) is 4.96. The number of fused-ring (bicyclic) bond motifs is 1. The zero-order valence-electron chi connectivity index (χ0n) is 17.4. The van der Waals surface area contributed by atoms with Crippen molar-refractivity contribution in [3.8, 4) is 5.75 Å². The van der Waals surface area contributed by atoms with Crippen molar-refractivity contribution in [2.75, 3.05) is 24.3 Å². The molecule has 0 atom stereocenters. The van der Waals surface area contributed by atoms with Crippen molar-refractivity contribution in [1.29, 1.82) is 0 Å². The van der Waals surface area contributed by atoms with Crippen molar-refractivity contribution in [3.05, 3.63) is 78.2 Å². The number of thioether (sulfide) groups is 1. The first kappa shape index (κ1) is 20.9. The number of nitrogens with zero attached hydrogens (tertiary/aromatic N) is 3. The fraction of sp³-hybridized carbons (Fsp3) is 0.208. The van der Waals surface area contributed by atoms with E-state index < -0.39 is 0 Å². The standard InChI is InChI=1S/C24H23N3O3S/c1-3-27(21-10-6-8-18-7-4-5-9-20(18)21)23(28)16-31-24-26-25-22(30-24)15-17-11-13-19(29-2)14-12-17/h4-14H,3,15-16H2,1-2H3. The highest BCUT2D eigenvalue weighted by molar-refractivity contribution is 7.99. The Morgan fingerprint density at radius 2 is 1.81 bits per heavy atom. The number of methoxy groups -OCH3 is 1. The maximum absolute atomic E-state index is 13.0. The Morgan fingerprint density at radius 1 is 1.03 bits per heavy atom. The Bertz CT molecular complexity index is 1170. The van der Waals surface area contributed by atoms with E-state index in [9.17, 15) is 4.79 Å².